The molecule has 6 aromatic carbocycles. The molecule has 11 N–H and O–H groups in total. The number of fused-ring (bicyclic) bond motifs is 4. The molecule has 0 saturated heterocycles. The van der Waals surface area contributed by atoms with E-state index in [0.717, 1.165) is 56.3 Å². The minimum atomic E-state index is -1.57. The van der Waals surface area contributed by atoms with Gasteiger partial charge in [0.15, 0.2) is 46.7 Å². The van der Waals surface area contributed by atoms with E-state index in [4.69, 9.17) is 37.6 Å². The van der Waals surface area contributed by atoms with Gasteiger partial charge in [0, 0.05) is 114 Å². The Balaban J connectivity index is 0.826. The molecule has 6 aromatic rings. The molecular formula is C62H54N2O23. The number of esters is 2. The molecule has 25 nitrogen and oxygen atoms in total. The van der Waals surface area contributed by atoms with Crippen LogP contribution in [0.1, 0.15) is 80.5 Å². The van der Waals surface area contributed by atoms with Crippen LogP contribution in [0.4, 0.5) is 4.79 Å². The van der Waals surface area contributed by atoms with Crippen molar-refractivity contribution in [1.82, 2.24) is 10.6 Å². The quantitative estimate of drug-likeness (QED) is 0.0174. The molecule has 0 aromatic heterocycles. The van der Waals surface area contributed by atoms with Gasteiger partial charge < -0.3 is 94.2 Å². The molecule has 87 heavy (non-hydrogen) atoms. The molecule has 10 rings (SSSR count). The van der Waals surface area contributed by atoms with Gasteiger partial charge in [-0.15, -0.1) is 0 Å². The number of amides is 2. The van der Waals surface area contributed by atoms with E-state index < -0.39 is 100 Å². The molecule has 2 amide bonds. The van der Waals surface area contributed by atoms with Crippen molar-refractivity contribution >= 4 is 40.9 Å². The Bertz CT molecular complexity index is 4070. The van der Waals surface area contributed by atoms with E-state index in [-0.39, 0.29) is 130 Å². The second kappa shape index (κ2) is 24.7. The van der Waals surface area contributed by atoms with Gasteiger partial charge in [0.25, 0.3) is 5.91 Å². The van der Waals surface area contributed by atoms with Crippen molar-refractivity contribution in [1.29, 1.82) is 0 Å². The number of benzene rings is 7. The zero-order valence-electron chi connectivity index (χ0n) is 46.0. The predicted octanol–water partition coefficient (Wildman–Crippen LogP) is 7.26. The zero-order valence-corrected chi connectivity index (χ0v) is 46.0. The SMILES string of the molecule is CC(=O)O[C@H]1[C@H](c2c(O)cc(OC(=O)NCCOCCOCCNC(=O)c3ccc(C(=O)O)c(-c4c5ccc(=O)cc-5oc5cc(O)ccc45)c3)c3c2O[C@H](c2ccc(O)c(O)c2)[C@@H](OC(C)=O)C3)c2c(O)cc(O)cc2O[C@@H]1c1ccc(O)c(O)c1. The molecule has 0 saturated carbocycles. The zero-order chi connectivity index (χ0) is 62.0. The number of rotatable bonds is 18. The van der Waals surface area contributed by atoms with Crippen LogP contribution in [0.5, 0.6) is 63.2 Å². The van der Waals surface area contributed by atoms with Crippen molar-refractivity contribution in [2.45, 2.75) is 50.6 Å². The first-order valence-corrected chi connectivity index (χ1v) is 26.8. The molecule has 25 heteroatoms. The van der Waals surface area contributed by atoms with E-state index in [2.05, 4.69) is 10.6 Å². The number of carbonyl (C=O) groups is 5. The van der Waals surface area contributed by atoms with Crippen LogP contribution in [0.3, 0.4) is 0 Å². The number of nitrogens with one attached hydrogen (secondary N) is 2. The number of hydrogen-bond acceptors (Lipinski definition) is 22. The third-order valence-corrected chi connectivity index (χ3v) is 14.3. The third kappa shape index (κ3) is 12.5. The first-order chi connectivity index (χ1) is 41.6. The molecule has 0 unspecified atom stereocenters. The summed E-state index contributed by atoms with van der Waals surface area (Å²) in [4.78, 5) is 77.5. The molecule has 0 radical (unpaired) electrons. The molecule has 3 aliphatic heterocycles. The van der Waals surface area contributed by atoms with Crippen molar-refractivity contribution in [3.8, 4) is 85.7 Å². The van der Waals surface area contributed by atoms with Crippen LogP contribution < -0.4 is 30.3 Å². The minimum Gasteiger partial charge on any atom is -0.508 e. The number of carbonyl (C=O) groups excluding carboxylic acids is 4. The van der Waals surface area contributed by atoms with Gasteiger partial charge in [-0.05, 0) is 72.3 Å². The second-order valence-corrected chi connectivity index (χ2v) is 20.1. The summed E-state index contributed by atoms with van der Waals surface area (Å²) in [7, 11) is 0. The minimum absolute atomic E-state index is 0.00451. The summed E-state index contributed by atoms with van der Waals surface area (Å²) in [5.41, 5.74) is 0.618. The summed E-state index contributed by atoms with van der Waals surface area (Å²) < 4.78 is 47.5. The number of aromatic carboxylic acids is 1. The van der Waals surface area contributed by atoms with E-state index in [1.165, 1.54) is 60.7 Å². The second-order valence-electron chi connectivity index (χ2n) is 20.1. The first kappa shape index (κ1) is 59.2. The average Bonchev–Trinajstić information content (AvgIpc) is 0.863. The topological polar surface area (TPSA) is 386 Å². The Labute approximate surface area is 491 Å². The largest absolute Gasteiger partial charge is 0.508 e. The normalized spacial score (nSPS) is 16.8. The van der Waals surface area contributed by atoms with Crippen LogP contribution in [0.25, 0.3) is 33.4 Å². The van der Waals surface area contributed by atoms with E-state index in [1.807, 2.05) is 0 Å². The summed E-state index contributed by atoms with van der Waals surface area (Å²) in [5, 5.41) is 102. The molecule has 3 heterocycles. The van der Waals surface area contributed by atoms with Gasteiger partial charge in [0.1, 0.15) is 57.7 Å². The lowest BCUT2D eigenvalue weighted by atomic mass is 9.77. The van der Waals surface area contributed by atoms with E-state index >= 15 is 0 Å². The highest BCUT2D eigenvalue weighted by Gasteiger charge is 2.49. The maximum atomic E-state index is 13.6. The lowest BCUT2D eigenvalue weighted by Gasteiger charge is -2.42. The molecule has 1 aliphatic carbocycles. The average molecular weight is 1200 g/mol. The van der Waals surface area contributed by atoms with Crippen molar-refractivity contribution in [2.24, 2.45) is 0 Å². The monoisotopic (exact) mass is 1190 g/mol. The maximum absolute atomic E-state index is 13.6. The van der Waals surface area contributed by atoms with E-state index in [9.17, 15) is 74.7 Å². The Morgan fingerprint density at radius 1 is 0.598 bits per heavy atom. The maximum Gasteiger partial charge on any atom is 0.412 e. The van der Waals surface area contributed by atoms with Gasteiger partial charge in [-0.25, -0.2) is 9.59 Å². The van der Waals surface area contributed by atoms with E-state index in [0.29, 0.717) is 16.5 Å². The number of hydrogen-bond donors (Lipinski definition) is 11. The molecule has 5 atom stereocenters. The highest BCUT2D eigenvalue weighted by Crippen LogP contribution is 2.58. The van der Waals surface area contributed by atoms with Gasteiger partial charge in [-0.2, -0.15) is 0 Å². The number of phenols is 8. The Morgan fingerprint density at radius 2 is 1.26 bits per heavy atom. The fourth-order valence-corrected chi connectivity index (χ4v) is 10.6. The molecule has 0 spiro atoms. The number of carboxylic acid groups (broad SMARTS) is 1. The van der Waals surface area contributed by atoms with E-state index in [1.54, 1.807) is 6.07 Å². The van der Waals surface area contributed by atoms with Gasteiger partial charge in [0.2, 0.25) is 0 Å². The fraction of sp³-hybridized carbons (Fsp3) is 0.226. The van der Waals surface area contributed by atoms with Crippen LogP contribution in [0.2, 0.25) is 0 Å². The number of aromatic hydroxyl groups is 8. The van der Waals surface area contributed by atoms with Crippen molar-refractivity contribution in [2.75, 3.05) is 39.5 Å². The summed E-state index contributed by atoms with van der Waals surface area (Å²) in [6.07, 6.45) is -6.95. The molecular weight excluding hydrogens is 1140 g/mol. The smallest absolute Gasteiger partial charge is 0.412 e. The van der Waals surface area contributed by atoms with Crippen LogP contribution in [0, 0.1) is 0 Å². The first-order valence-electron chi connectivity index (χ1n) is 26.8. The Kier molecular flexibility index (Phi) is 16.8. The van der Waals surface area contributed by atoms with Gasteiger partial charge in [-0.1, -0.05) is 12.1 Å². The van der Waals surface area contributed by atoms with Crippen molar-refractivity contribution in [3.05, 3.63) is 158 Å². The summed E-state index contributed by atoms with van der Waals surface area (Å²) in [6.45, 7) is 2.17. The third-order valence-electron chi connectivity index (χ3n) is 14.3. The Hall–Kier alpha value is -10.9. The predicted molar refractivity (Wildman–Crippen MR) is 302 cm³/mol. The van der Waals surface area contributed by atoms with Crippen LogP contribution in [-0.4, -0.2) is 128 Å². The number of ether oxygens (including phenoxy) is 7. The molecule has 0 bridgehead atoms. The Morgan fingerprint density at radius 3 is 1.93 bits per heavy atom. The van der Waals surface area contributed by atoms with Crippen LogP contribution >= 0.6 is 0 Å². The molecule has 0 fully saturated rings. The van der Waals surface area contributed by atoms with Gasteiger partial charge in [0.05, 0.1) is 37.9 Å². The van der Waals surface area contributed by atoms with Crippen LogP contribution in [0.15, 0.2) is 118 Å². The van der Waals surface area contributed by atoms with Gasteiger partial charge >= 0.3 is 24.0 Å². The summed E-state index contributed by atoms with van der Waals surface area (Å²) in [6, 6.07) is 22.8. The van der Waals surface area contributed by atoms with Crippen molar-refractivity contribution < 1.29 is 108 Å². The summed E-state index contributed by atoms with van der Waals surface area (Å²) in [5.74, 6) is -9.65. The lowest BCUT2D eigenvalue weighted by molar-refractivity contribution is -0.154. The highest BCUT2D eigenvalue weighted by atomic mass is 16.6. The molecule has 4 aliphatic rings. The van der Waals surface area contributed by atoms with Crippen LogP contribution in [-0.2, 0) is 35.0 Å². The number of phenolic OH excluding ortho intramolecular Hbond substituents is 8. The lowest BCUT2D eigenvalue weighted by Crippen LogP contribution is -2.40. The standard InChI is InChI=1S/C62H54N2O23/c1-28(65)82-51-26-40-49(86-62(79)64-14-16-81-18-17-80-15-13-63-60(76)32-3-8-36(61(77)78)39(19-32)52-37-9-6-33(67)23-47(37)84-48-24-34(68)7-10-38(48)52)27-46(75)54(58(40)87-56(51)30-4-11-41(70)43(72)20-30)55-53-45(74)22-35(69)25-50(53)85-57(59(55)83-29(2)66)31-5-12-42(71)44(73)21-31/h3-12,19-25,27,51,55-57,59,67,69-75H,13-18,26H2,1-2H3,(H,63,76)(H,64,79)(H,77,78)/t51-,55-,56+,57+,59-/m0/s1. The van der Waals surface area contributed by atoms with Crippen molar-refractivity contribution in [3.63, 3.8) is 0 Å². The molecule has 450 valence electrons. The highest BCUT2D eigenvalue weighted by molar-refractivity contribution is 6.09. The fourth-order valence-electron chi connectivity index (χ4n) is 10.6. The van der Waals surface area contributed by atoms with Gasteiger partial charge in [-0.3, -0.25) is 19.2 Å². The number of carboxylic acids is 1. The summed E-state index contributed by atoms with van der Waals surface area (Å²) >= 11 is 0.